The first-order valence-electron chi connectivity index (χ1n) is 7.89. The summed E-state index contributed by atoms with van der Waals surface area (Å²) in [6, 6.07) is 12.7. The molecule has 10 heteroatoms. The molecule has 3 rings (SSSR count). The zero-order valence-corrected chi connectivity index (χ0v) is 16.0. The maximum atomic E-state index is 12.0. The number of benzene rings is 3. The first kappa shape index (κ1) is 19.9. The fraction of sp³-hybridized carbons (Fsp3) is 0.0556. The van der Waals surface area contributed by atoms with E-state index in [1.54, 1.807) is 24.3 Å². The van der Waals surface area contributed by atoms with Crippen LogP contribution in [0.1, 0.15) is 0 Å². The van der Waals surface area contributed by atoms with Crippen LogP contribution in [0.25, 0.3) is 10.8 Å². The SMILES string of the molecule is [CH2]CS(=O)(=O)c1ccc(S(=O)(=O)O)c(N=Nc2ccc(O)c3ccccc23)c1. The van der Waals surface area contributed by atoms with Crippen LogP contribution in [0.15, 0.2) is 74.6 Å². The van der Waals surface area contributed by atoms with Gasteiger partial charge in [0.2, 0.25) is 0 Å². The second-order valence-electron chi connectivity index (χ2n) is 5.77. The molecule has 0 aromatic heterocycles. The van der Waals surface area contributed by atoms with Crippen molar-refractivity contribution in [1.29, 1.82) is 0 Å². The summed E-state index contributed by atoms with van der Waals surface area (Å²) in [5.41, 5.74) is -0.0192. The fourth-order valence-corrected chi connectivity index (χ4v) is 3.97. The van der Waals surface area contributed by atoms with E-state index in [1.165, 1.54) is 12.1 Å². The lowest BCUT2D eigenvalue weighted by atomic mass is 10.1. The quantitative estimate of drug-likeness (QED) is 0.477. The molecule has 0 spiro atoms. The van der Waals surface area contributed by atoms with E-state index in [1.807, 2.05) is 0 Å². The van der Waals surface area contributed by atoms with E-state index in [0.717, 1.165) is 18.2 Å². The molecule has 0 saturated heterocycles. The Hall–Kier alpha value is -2.82. The minimum absolute atomic E-state index is 0.0386. The van der Waals surface area contributed by atoms with Gasteiger partial charge in [-0.1, -0.05) is 24.3 Å². The molecule has 0 aliphatic carbocycles. The van der Waals surface area contributed by atoms with Gasteiger partial charge in [0.15, 0.2) is 9.84 Å². The van der Waals surface area contributed by atoms with Gasteiger partial charge in [0.25, 0.3) is 10.1 Å². The summed E-state index contributed by atoms with van der Waals surface area (Å²) in [5.74, 6) is -0.395. The van der Waals surface area contributed by atoms with E-state index in [-0.39, 0.29) is 16.3 Å². The number of hydrogen-bond acceptors (Lipinski definition) is 7. The van der Waals surface area contributed by atoms with Crippen LogP contribution in [0.4, 0.5) is 11.4 Å². The normalized spacial score (nSPS) is 12.6. The van der Waals surface area contributed by atoms with Crippen molar-refractivity contribution >= 4 is 42.1 Å². The Morgan fingerprint density at radius 1 is 0.857 bits per heavy atom. The van der Waals surface area contributed by atoms with Crippen LogP contribution in [-0.4, -0.2) is 32.2 Å². The molecule has 8 nitrogen and oxygen atoms in total. The molecule has 3 aromatic carbocycles. The molecule has 0 unspecified atom stereocenters. The first-order chi connectivity index (χ1) is 13.1. The predicted octanol–water partition coefficient (Wildman–Crippen LogP) is 3.82. The van der Waals surface area contributed by atoms with Crippen LogP contribution >= 0.6 is 0 Å². The summed E-state index contributed by atoms with van der Waals surface area (Å²) in [4.78, 5) is -0.776. The van der Waals surface area contributed by atoms with E-state index >= 15 is 0 Å². The van der Waals surface area contributed by atoms with Gasteiger partial charge in [-0.25, -0.2) is 8.42 Å². The van der Waals surface area contributed by atoms with E-state index < -0.39 is 30.6 Å². The van der Waals surface area contributed by atoms with Crippen LogP contribution in [-0.2, 0) is 20.0 Å². The molecule has 0 amide bonds. The van der Waals surface area contributed by atoms with E-state index in [4.69, 9.17) is 0 Å². The van der Waals surface area contributed by atoms with Crippen molar-refractivity contribution in [1.82, 2.24) is 0 Å². The zero-order chi connectivity index (χ0) is 20.5. The van der Waals surface area contributed by atoms with E-state index in [2.05, 4.69) is 17.2 Å². The maximum absolute atomic E-state index is 12.0. The van der Waals surface area contributed by atoms with Crippen LogP contribution in [0.5, 0.6) is 5.75 Å². The van der Waals surface area contributed by atoms with Crippen LogP contribution < -0.4 is 0 Å². The smallest absolute Gasteiger partial charge is 0.296 e. The number of nitrogens with zero attached hydrogens (tertiary/aromatic N) is 2. The number of phenolic OH excluding ortho intramolecular Hbond substituents is 1. The minimum Gasteiger partial charge on any atom is -0.507 e. The average Bonchev–Trinajstić information content (AvgIpc) is 2.66. The molecule has 1 radical (unpaired) electrons. The van der Waals surface area contributed by atoms with Crippen LogP contribution in [0.2, 0.25) is 0 Å². The fourth-order valence-electron chi connectivity index (χ4n) is 2.57. The molecule has 3 aromatic rings. The molecule has 0 heterocycles. The average molecular weight is 419 g/mol. The van der Waals surface area contributed by atoms with E-state index in [9.17, 15) is 26.5 Å². The Bertz CT molecular complexity index is 1300. The standard InChI is InChI=1S/C18H15N2O6S2/c1-2-27(22,23)12-7-10-18(28(24,25)26)16(11-12)20-19-15-8-9-17(21)14-6-4-3-5-13(14)15/h3-11,21H,1-2H2,(H,24,25,26). The minimum atomic E-state index is -4.66. The molecule has 28 heavy (non-hydrogen) atoms. The molecule has 0 aliphatic rings. The molecule has 145 valence electrons. The molecule has 0 saturated carbocycles. The largest absolute Gasteiger partial charge is 0.507 e. The van der Waals surface area contributed by atoms with Gasteiger partial charge in [-0.3, -0.25) is 4.55 Å². The molecule has 0 bridgehead atoms. The highest BCUT2D eigenvalue weighted by Gasteiger charge is 2.20. The third kappa shape index (κ3) is 3.88. The Morgan fingerprint density at radius 3 is 2.14 bits per heavy atom. The van der Waals surface area contributed by atoms with E-state index in [0.29, 0.717) is 16.5 Å². The highest BCUT2D eigenvalue weighted by atomic mass is 32.2. The number of aromatic hydroxyl groups is 1. The number of azo groups is 1. The van der Waals surface area contributed by atoms with Gasteiger partial charge in [-0.05, 0) is 37.3 Å². The monoisotopic (exact) mass is 419 g/mol. The van der Waals surface area contributed by atoms with Gasteiger partial charge in [0.05, 0.1) is 16.3 Å². The van der Waals surface area contributed by atoms with Crippen molar-refractivity contribution in [3.05, 3.63) is 61.5 Å². The lowest BCUT2D eigenvalue weighted by molar-refractivity contribution is 0.481. The molecular weight excluding hydrogens is 404 g/mol. The third-order valence-electron chi connectivity index (χ3n) is 3.98. The van der Waals surface area contributed by atoms with Crippen LogP contribution in [0.3, 0.4) is 0 Å². The summed E-state index contributed by atoms with van der Waals surface area (Å²) < 4.78 is 56.7. The summed E-state index contributed by atoms with van der Waals surface area (Å²) in [6.07, 6.45) is 0. The van der Waals surface area contributed by atoms with Gasteiger partial charge >= 0.3 is 0 Å². The van der Waals surface area contributed by atoms with Crippen molar-refractivity contribution in [2.24, 2.45) is 10.2 Å². The Labute approximate surface area is 161 Å². The number of fused-ring (bicyclic) bond motifs is 1. The predicted molar refractivity (Wildman–Crippen MR) is 103 cm³/mol. The van der Waals surface area contributed by atoms with Crippen molar-refractivity contribution in [2.45, 2.75) is 9.79 Å². The topological polar surface area (TPSA) is 133 Å². The second kappa shape index (κ2) is 7.30. The number of sulfone groups is 1. The number of phenols is 1. The summed E-state index contributed by atoms with van der Waals surface area (Å²) in [7, 11) is -8.39. The van der Waals surface area contributed by atoms with Crippen LogP contribution in [0, 0.1) is 6.92 Å². The third-order valence-corrected chi connectivity index (χ3v) is 6.39. The van der Waals surface area contributed by atoms with Crippen molar-refractivity contribution in [3.8, 4) is 5.75 Å². The Balaban J connectivity index is 2.18. The second-order valence-corrected chi connectivity index (χ2v) is 9.27. The van der Waals surface area contributed by atoms with Crippen molar-refractivity contribution < 1.29 is 26.5 Å². The molecule has 0 aliphatic heterocycles. The lowest BCUT2D eigenvalue weighted by Gasteiger charge is -2.07. The first-order valence-corrected chi connectivity index (χ1v) is 11.0. The highest BCUT2D eigenvalue weighted by molar-refractivity contribution is 7.91. The molecular formula is C18H15N2O6S2. The van der Waals surface area contributed by atoms with Crippen molar-refractivity contribution in [2.75, 3.05) is 5.75 Å². The maximum Gasteiger partial charge on any atom is 0.296 e. The Kier molecular flexibility index (Phi) is 5.20. The number of hydrogen-bond donors (Lipinski definition) is 2. The van der Waals surface area contributed by atoms with Crippen molar-refractivity contribution in [3.63, 3.8) is 0 Å². The molecule has 0 fully saturated rings. The molecule has 0 atom stereocenters. The summed E-state index contributed by atoms with van der Waals surface area (Å²) >= 11 is 0. The van der Waals surface area contributed by atoms with Gasteiger partial charge < -0.3 is 5.11 Å². The van der Waals surface area contributed by atoms with Gasteiger partial charge in [-0.2, -0.15) is 8.42 Å². The lowest BCUT2D eigenvalue weighted by Crippen LogP contribution is -2.05. The Morgan fingerprint density at radius 2 is 1.50 bits per heavy atom. The summed E-state index contributed by atoms with van der Waals surface area (Å²) in [5, 5.41) is 18.8. The summed E-state index contributed by atoms with van der Waals surface area (Å²) in [6.45, 7) is 3.34. The highest BCUT2D eigenvalue weighted by Crippen LogP contribution is 2.35. The molecule has 2 N–H and O–H groups in total. The van der Waals surface area contributed by atoms with Gasteiger partial charge in [0, 0.05) is 10.8 Å². The van der Waals surface area contributed by atoms with Gasteiger partial charge in [-0.15, -0.1) is 10.2 Å². The number of rotatable bonds is 5. The zero-order valence-electron chi connectivity index (χ0n) is 14.3. The van der Waals surface area contributed by atoms with Gasteiger partial charge in [0.1, 0.15) is 16.3 Å².